The Labute approximate surface area is 317 Å². The standard InChI is InChI=1S/C31H23N2.C15H28O2.Ir/c1-3-28-32-30(25-14-9-13-22(18-25)21-10-5-4-6-11-21)27-17-16-24-19-23-12-7-8-15-26(23)20(2)29(24)31(27)33-28;1-7-14(5,8-2)12(16)11-13(17)15(6,9-3)10-4;/h4-13,15-19H,3H2,1-2H3;11,16H,7-10H2,1-6H3;/q-1;;/b;12-11-;. The smallest absolute Gasteiger partial charge is 0.164 e. The van der Waals surface area contributed by atoms with Gasteiger partial charge in [0.2, 0.25) is 0 Å². The molecule has 0 aliphatic heterocycles. The van der Waals surface area contributed by atoms with Gasteiger partial charge in [0.05, 0.1) is 5.52 Å². The van der Waals surface area contributed by atoms with E-state index in [2.05, 4.69) is 98.8 Å². The van der Waals surface area contributed by atoms with Crippen LogP contribution in [0.3, 0.4) is 0 Å². The molecule has 0 aliphatic carbocycles. The monoisotopic (exact) mass is 856 g/mol. The Morgan fingerprint density at radius 1 is 0.745 bits per heavy atom. The van der Waals surface area contributed by atoms with Crippen LogP contribution in [-0.2, 0) is 31.3 Å². The second-order valence-electron chi connectivity index (χ2n) is 13.9. The number of carbonyl (C=O) groups is 1. The van der Waals surface area contributed by atoms with Gasteiger partial charge in [-0.25, -0.2) is 4.98 Å². The summed E-state index contributed by atoms with van der Waals surface area (Å²) in [5, 5.41) is 16.2. The number of allylic oxidation sites excluding steroid dienone is 2. The van der Waals surface area contributed by atoms with E-state index in [1.807, 2.05) is 53.7 Å². The first-order chi connectivity index (χ1) is 24.0. The largest absolute Gasteiger partial charge is 0.512 e. The second-order valence-corrected chi connectivity index (χ2v) is 13.9. The molecule has 51 heavy (non-hydrogen) atoms. The van der Waals surface area contributed by atoms with Crippen molar-refractivity contribution in [2.45, 2.75) is 87.5 Å². The van der Waals surface area contributed by atoms with E-state index in [0.29, 0.717) is 0 Å². The predicted molar refractivity (Wildman–Crippen MR) is 211 cm³/mol. The van der Waals surface area contributed by atoms with Gasteiger partial charge in [-0.15, -0.1) is 35.4 Å². The summed E-state index contributed by atoms with van der Waals surface area (Å²) < 4.78 is 0. The second kappa shape index (κ2) is 16.9. The maximum Gasteiger partial charge on any atom is 0.164 e. The topological polar surface area (TPSA) is 63.1 Å². The van der Waals surface area contributed by atoms with E-state index in [9.17, 15) is 9.90 Å². The van der Waals surface area contributed by atoms with Crippen molar-refractivity contribution in [3.05, 3.63) is 120 Å². The van der Waals surface area contributed by atoms with Crippen molar-refractivity contribution in [3.63, 3.8) is 0 Å². The van der Waals surface area contributed by atoms with Crippen molar-refractivity contribution >= 4 is 38.2 Å². The van der Waals surface area contributed by atoms with Gasteiger partial charge in [-0.2, -0.15) is 0 Å². The maximum absolute atomic E-state index is 12.2. The number of aryl methyl sites for hydroxylation is 2. The zero-order valence-electron chi connectivity index (χ0n) is 31.4. The molecule has 0 bridgehead atoms. The molecular weight excluding hydrogens is 805 g/mol. The van der Waals surface area contributed by atoms with Gasteiger partial charge in [0.1, 0.15) is 11.6 Å². The zero-order chi connectivity index (χ0) is 36.1. The summed E-state index contributed by atoms with van der Waals surface area (Å²) in [5.41, 5.74) is 5.99. The van der Waals surface area contributed by atoms with Gasteiger partial charge in [-0.05, 0) is 77.0 Å². The number of aromatic nitrogens is 2. The van der Waals surface area contributed by atoms with Crippen LogP contribution in [0.15, 0.2) is 103 Å². The van der Waals surface area contributed by atoms with E-state index in [0.717, 1.165) is 65.7 Å². The number of benzene rings is 5. The number of carbonyl (C=O) groups excluding carboxylic acids is 1. The molecule has 1 radical (unpaired) electrons. The summed E-state index contributed by atoms with van der Waals surface area (Å²) in [6.45, 7) is 16.4. The van der Waals surface area contributed by atoms with E-state index in [-0.39, 0.29) is 42.5 Å². The molecular formula is C46H51IrN2O2-. The Morgan fingerprint density at radius 2 is 1.39 bits per heavy atom. The average molecular weight is 856 g/mol. The van der Waals surface area contributed by atoms with Crippen LogP contribution >= 0.6 is 0 Å². The van der Waals surface area contributed by atoms with Crippen LogP contribution in [0.5, 0.6) is 0 Å². The van der Waals surface area contributed by atoms with Gasteiger partial charge < -0.3 is 5.11 Å². The van der Waals surface area contributed by atoms with E-state index in [1.165, 1.54) is 38.7 Å². The molecule has 6 aromatic rings. The minimum atomic E-state index is -0.337. The summed E-state index contributed by atoms with van der Waals surface area (Å²) >= 11 is 0. The summed E-state index contributed by atoms with van der Waals surface area (Å²) in [5.74, 6) is 1.14. The van der Waals surface area contributed by atoms with Gasteiger partial charge in [-0.1, -0.05) is 115 Å². The van der Waals surface area contributed by atoms with Crippen LogP contribution in [0.2, 0.25) is 0 Å². The molecule has 0 unspecified atom stereocenters. The summed E-state index contributed by atoms with van der Waals surface area (Å²) in [4.78, 5) is 22.2. The molecule has 0 saturated carbocycles. The predicted octanol–water partition coefficient (Wildman–Crippen LogP) is 12.6. The van der Waals surface area contributed by atoms with Gasteiger partial charge in [0, 0.05) is 48.8 Å². The van der Waals surface area contributed by atoms with Gasteiger partial charge in [-0.3, -0.25) is 9.78 Å². The number of fused-ring (bicyclic) bond motifs is 4. The van der Waals surface area contributed by atoms with Crippen molar-refractivity contribution in [1.29, 1.82) is 0 Å². The van der Waals surface area contributed by atoms with Crippen LogP contribution in [0.1, 0.15) is 85.5 Å². The van der Waals surface area contributed by atoms with Crippen molar-refractivity contribution in [2.24, 2.45) is 10.8 Å². The van der Waals surface area contributed by atoms with Crippen LogP contribution in [-0.4, -0.2) is 20.9 Å². The Morgan fingerprint density at radius 3 is 2.04 bits per heavy atom. The molecule has 0 amide bonds. The Hall–Kier alpha value is -4.18. The third-order valence-electron chi connectivity index (χ3n) is 11.1. The Bertz CT molecular complexity index is 2160. The number of hydrogen-bond acceptors (Lipinski definition) is 4. The van der Waals surface area contributed by atoms with Crippen LogP contribution in [0.4, 0.5) is 0 Å². The maximum atomic E-state index is 12.2. The molecule has 0 atom stereocenters. The minimum absolute atomic E-state index is 0. The summed E-state index contributed by atoms with van der Waals surface area (Å²) in [6.07, 6.45) is 5.54. The molecule has 267 valence electrons. The van der Waals surface area contributed by atoms with Crippen LogP contribution in [0.25, 0.3) is 54.8 Å². The first-order valence-corrected chi connectivity index (χ1v) is 18.2. The van der Waals surface area contributed by atoms with Crippen molar-refractivity contribution in [3.8, 4) is 22.4 Å². The normalized spacial score (nSPS) is 12.0. The van der Waals surface area contributed by atoms with Crippen molar-refractivity contribution < 1.29 is 30.0 Å². The third kappa shape index (κ3) is 8.16. The Balaban J connectivity index is 0.000000279. The van der Waals surface area contributed by atoms with E-state index >= 15 is 0 Å². The molecule has 6 rings (SSSR count). The quantitative estimate of drug-likeness (QED) is 0.0490. The molecule has 0 aliphatic rings. The number of hydrogen-bond donors (Lipinski definition) is 1. The summed E-state index contributed by atoms with van der Waals surface area (Å²) in [6, 6.07) is 35.4. The minimum Gasteiger partial charge on any atom is -0.512 e. The molecule has 1 heterocycles. The van der Waals surface area contributed by atoms with Crippen molar-refractivity contribution in [1.82, 2.24) is 9.97 Å². The number of ketones is 1. The van der Waals surface area contributed by atoms with E-state index < -0.39 is 0 Å². The van der Waals surface area contributed by atoms with Crippen molar-refractivity contribution in [2.75, 3.05) is 0 Å². The number of nitrogens with zero attached hydrogens (tertiary/aromatic N) is 2. The fourth-order valence-electron chi connectivity index (χ4n) is 6.50. The molecule has 5 heteroatoms. The molecule has 1 aromatic heterocycles. The molecule has 0 fully saturated rings. The fourth-order valence-corrected chi connectivity index (χ4v) is 6.50. The van der Waals surface area contributed by atoms with Crippen LogP contribution < -0.4 is 0 Å². The van der Waals surface area contributed by atoms with Gasteiger partial charge in [0.15, 0.2) is 5.78 Å². The van der Waals surface area contributed by atoms with E-state index in [4.69, 9.17) is 9.97 Å². The first-order valence-electron chi connectivity index (χ1n) is 18.2. The molecule has 0 saturated heterocycles. The zero-order valence-corrected chi connectivity index (χ0v) is 33.8. The van der Waals surface area contributed by atoms with E-state index in [1.54, 1.807) is 0 Å². The molecule has 4 nitrogen and oxygen atoms in total. The number of rotatable bonds is 10. The van der Waals surface area contributed by atoms with Gasteiger partial charge >= 0.3 is 0 Å². The molecule has 5 aromatic carbocycles. The van der Waals surface area contributed by atoms with Crippen LogP contribution in [0, 0.1) is 23.8 Å². The molecule has 0 spiro atoms. The average Bonchev–Trinajstić information content (AvgIpc) is 3.17. The molecule has 1 N–H and O–H groups in total. The SMILES string of the molecule is CCC(C)(CC)C(=O)/C=C(\O)C(C)(CC)CC.CCc1nc(-c2[c-]ccc(-c3ccccc3)c2)c2ccc3cc4ccccc4c(C)c3c2n1.[Ir]. The number of aliphatic hydroxyl groups excluding tert-OH is 1. The Kier molecular flexibility index (Phi) is 13.1. The fraction of sp³-hybridized carbons (Fsp3) is 0.326. The third-order valence-corrected chi connectivity index (χ3v) is 11.1. The summed E-state index contributed by atoms with van der Waals surface area (Å²) in [7, 11) is 0. The number of aliphatic hydroxyl groups is 1. The van der Waals surface area contributed by atoms with Gasteiger partial charge in [0.25, 0.3) is 0 Å². The first kappa shape index (κ1) is 39.6.